The Hall–Kier alpha value is -6.51. The summed E-state index contributed by atoms with van der Waals surface area (Å²) in [5, 5.41) is 7.53. The van der Waals surface area contributed by atoms with Crippen molar-refractivity contribution in [2.75, 3.05) is 5.73 Å². The van der Waals surface area contributed by atoms with Crippen molar-refractivity contribution in [1.82, 2.24) is 0 Å². The second-order valence-electron chi connectivity index (χ2n) is 14.5. The molecule has 2 nitrogen and oxygen atoms in total. The van der Waals surface area contributed by atoms with E-state index in [1.807, 2.05) is 30.3 Å². The molecule has 0 aliphatic heterocycles. The minimum atomic E-state index is 0.678. The Kier molecular flexibility index (Phi) is 12.0. The molecule has 0 unspecified atom stereocenters. The van der Waals surface area contributed by atoms with Crippen LogP contribution in [0.25, 0.3) is 49.5 Å². The summed E-state index contributed by atoms with van der Waals surface area (Å²) >= 11 is 0. The molecular formula is C54H50N2. The van der Waals surface area contributed by atoms with Crippen LogP contribution in [0.3, 0.4) is 0 Å². The monoisotopic (exact) mass is 726 g/mol. The van der Waals surface area contributed by atoms with Gasteiger partial charge in [-0.2, -0.15) is 0 Å². The summed E-state index contributed by atoms with van der Waals surface area (Å²) in [6.07, 6.45) is 11.8. The molecule has 0 bridgehead atoms. The van der Waals surface area contributed by atoms with Gasteiger partial charge in [0.1, 0.15) is 0 Å². The third kappa shape index (κ3) is 8.41. The van der Waals surface area contributed by atoms with Crippen LogP contribution in [0.1, 0.15) is 53.1 Å². The van der Waals surface area contributed by atoms with Crippen LogP contribution in [0, 0.1) is 20.8 Å². The van der Waals surface area contributed by atoms with Gasteiger partial charge in [0.2, 0.25) is 0 Å². The third-order valence-corrected chi connectivity index (χ3v) is 10.5. The fourth-order valence-corrected chi connectivity index (χ4v) is 7.63. The summed E-state index contributed by atoms with van der Waals surface area (Å²) in [4.78, 5) is 5.32. The quantitative estimate of drug-likeness (QED) is 0.0684. The third-order valence-electron chi connectivity index (χ3n) is 10.5. The molecule has 0 aliphatic carbocycles. The van der Waals surface area contributed by atoms with Crippen molar-refractivity contribution in [3.8, 4) is 11.1 Å². The molecule has 0 saturated heterocycles. The highest BCUT2D eigenvalue weighted by Crippen LogP contribution is 2.42. The Bertz CT molecular complexity index is 2680. The number of unbranched alkanes of at least 4 members (excludes halogenated alkanes) is 1. The van der Waals surface area contributed by atoms with E-state index >= 15 is 0 Å². The van der Waals surface area contributed by atoms with E-state index in [4.69, 9.17) is 10.7 Å². The Morgan fingerprint density at radius 3 is 2.02 bits per heavy atom. The number of nitrogens with zero attached hydrogens (tertiary/aromatic N) is 1. The van der Waals surface area contributed by atoms with Crippen LogP contribution in [-0.4, -0.2) is 5.71 Å². The minimum absolute atomic E-state index is 0.678. The van der Waals surface area contributed by atoms with E-state index in [1.54, 1.807) is 0 Å². The maximum Gasteiger partial charge on any atom is 0.0862 e. The smallest absolute Gasteiger partial charge is 0.0862 e. The first-order valence-electron chi connectivity index (χ1n) is 19.7. The van der Waals surface area contributed by atoms with Crippen LogP contribution in [0.15, 0.2) is 181 Å². The standard InChI is InChI=1S/C41H38N2.C13H12/c1-4-5-6-7-11-21-32-29(3)39-28(2)17-16-23-34(39)41-35(27-31-20-12-13-22-33(31)40(32)41)38(26-30-18-9-8-10-19-30)43-37-25-15-14-24-36(37)42;1-11-7-9-13(10-8-11)12-5-3-2-4-6-12/h6-25,27H,4-5,26,42H2,1-3H3;2-10H,1H3/b7-6?,21-11-,43-38?;. The Labute approximate surface area is 332 Å². The number of rotatable bonds is 9. The highest BCUT2D eigenvalue weighted by atomic mass is 14.8. The maximum absolute atomic E-state index is 6.46. The van der Waals surface area contributed by atoms with Gasteiger partial charge >= 0.3 is 0 Å². The lowest BCUT2D eigenvalue weighted by Gasteiger charge is -2.21. The van der Waals surface area contributed by atoms with E-state index in [1.165, 1.54) is 71.3 Å². The predicted octanol–water partition coefficient (Wildman–Crippen LogP) is 14.7. The maximum atomic E-state index is 6.46. The fraction of sp³-hybridized carbons (Fsp3) is 0.130. The van der Waals surface area contributed by atoms with Gasteiger partial charge in [-0.15, -0.1) is 0 Å². The Morgan fingerprint density at radius 2 is 1.27 bits per heavy atom. The number of benzene rings is 8. The van der Waals surface area contributed by atoms with Gasteiger partial charge < -0.3 is 5.73 Å². The molecule has 8 rings (SSSR count). The van der Waals surface area contributed by atoms with Gasteiger partial charge in [0.05, 0.1) is 17.1 Å². The second-order valence-corrected chi connectivity index (χ2v) is 14.5. The number of nitrogen functional groups attached to an aromatic ring is 1. The Morgan fingerprint density at radius 1 is 0.607 bits per heavy atom. The van der Waals surface area contributed by atoms with Crippen LogP contribution in [-0.2, 0) is 6.42 Å². The molecule has 0 atom stereocenters. The van der Waals surface area contributed by atoms with Crippen molar-refractivity contribution in [2.45, 2.75) is 47.0 Å². The van der Waals surface area contributed by atoms with Gasteiger partial charge in [-0.3, -0.25) is 4.99 Å². The molecule has 0 fully saturated rings. The SMILES string of the molecule is CCCC=C/C=C\c1c(C)c2c(C)cccc2c2c(C(Cc3ccccc3)=Nc3ccccc3N)cc3ccccc3c12.Cc1ccc(-c2ccccc2)cc1. The van der Waals surface area contributed by atoms with Gasteiger partial charge in [-0.25, -0.2) is 0 Å². The molecule has 56 heavy (non-hydrogen) atoms. The summed E-state index contributed by atoms with van der Waals surface area (Å²) in [6.45, 7) is 8.81. The molecule has 0 spiro atoms. The highest BCUT2D eigenvalue weighted by Gasteiger charge is 2.20. The molecule has 0 radical (unpaired) electrons. The van der Waals surface area contributed by atoms with Crippen molar-refractivity contribution in [1.29, 1.82) is 0 Å². The molecule has 8 aromatic carbocycles. The average Bonchev–Trinajstić information content (AvgIpc) is 3.23. The largest absolute Gasteiger partial charge is 0.397 e. The molecule has 276 valence electrons. The molecule has 0 heterocycles. The van der Waals surface area contributed by atoms with Crippen LogP contribution < -0.4 is 5.73 Å². The average molecular weight is 727 g/mol. The zero-order valence-electron chi connectivity index (χ0n) is 33.0. The Balaban J connectivity index is 0.000000311. The fourth-order valence-electron chi connectivity index (χ4n) is 7.63. The normalized spacial score (nSPS) is 11.8. The zero-order valence-corrected chi connectivity index (χ0v) is 33.0. The molecule has 0 aliphatic rings. The second kappa shape index (κ2) is 17.8. The number of allylic oxidation sites excluding steroid dienone is 3. The summed E-state index contributed by atoms with van der Waals surface area (Å²) in [7, 11) is 0. The van der Waals surface area contributed by atoms with E-state index in [2.05, 4.69) is 179 Å². The highest BCUT2D eigenvalue weighted by molar-refractivity contribution is 6.29. The van der Waals surface area contributed by atoms with Gasteiger partial charge in [0.15, 0.2) is 0 Å². The summed E-state index contributed by atoms with van der Waals surface area (Å²) in [6, 6.07) is 55.3. The molecule has 2 heteroatoms. The van der Waals surface area contributed by atoms with Gasteiger partial charge in [-0.05, 0) is 111 Å². The number of fused-ring (bicyclic) bond motifs is 5. The number of para-hydroxylation sites is 2. The number of anilines is 1. The van der Waals surface area contributed by atoms with Crippen LogP contribution >= 0.6 is 0 Å². The molecular weight excluding hydrogens is 677 g/mol. The zero-order chi connectivity index (χ0) is 38.9. The molecule has 8 aromatic rings. The van der Waals surface area contributed by atoms with Gasteiger partial charge in [0.25, 0.3) is 0 Å². The number of hydrogen-bond acceptors (Lipinski definition) is 2. The molecule has 2 N–H and O–H groups in total. The first kappa shape index (κ1) is 37.8. The van der Waals surface area contributed by atoms with E-state index in [0.29, 0.717) is 12.1 Å². The van der Waals surface area contributed by atoms with Gasteiger partial charge in [-0.1, -0.05) is 183 Å². The van der Waals surface area contributed by atoms with E-state index in [9.17, 15) is 0 Å². The number of nitrogens with two attached hydrogens (primary N) is 1. The lowest BCUT2D eigenvalue weighted by molar-refractivity contribution is 0.959. The lowest BCUT2D eigenvalue weighted by Crippen LogP contribution is -2.08. The molecule has 0 amide bonds. The molecule has 0 saturated carbocycles. The number of aliphatic imine (C=N–C) groups is 1. The summed E-state index contributed by atoms with van der Waals surface area (Å²) < 4.78 is 0. The van der Waals surface area contributed by atoms with E-state index in [-0.39, 0.29) is 0 Å². The minimum Gasteiger partial charge on any atom is -0.397 e. The lowest BCUT2D eigenvalue weighted by atomic mass is 9.83. The van der Waals surface area contributed by atoms with Crippen molar-refractivity contribution in [2.24, 2.45) is 4.99 Å². The van der Waals surface area contributed by atoms with Crippen molar-refractivity contribution in [3.63, 3.8) is 0 Å². The van der Waals surface area contributed by atoms with Crippen LogP contribution in [0.2, 0.25) is 0 Å². The van der Waals surface area contributed by atoms with Gasteiger partial charge in [0, 0.05) is 12.0 Å². The summed E-state index contributed by atoms with van der Waals surface area (Å²) in [5.41, 5.74) is 19.0. The van der Waals surface area contributed by atoms with Crippen molar-refractivity contribution < 1.29 is 0 Å². The van der Waals surface area contributed by atoms with E-state index in [0.717, 1.165) is 29.8 Å². The topological polar surface area (TPSA) is 38.4 Å². The number of aryl methyl sites for hydroxylation is 3. The van der Waals surface area contributed by atoms with Crippen LogP contribution in [0.5, 0.6) is 0 Å². The first-order chi connectivity index (χ1) is 27.4. The van der Waals surface area contributed by atoms with Crippen molar-refractivity contribution in [3.05, 3.63) is 209 Å². The number of hydrogen-bond donors (Lipinski definition) is 1. The summed E-state index contributed by atoms with van der Waals surface area (Å²) in [5.74, 6) is 0. The van der Waals surface area contributed by atoms with Crippen LogP contribution in [0.4, 0.5) is 11.4 Å². The first-order valence-corrected chi connectivity index (χ1v) is 19.7. The van der Waals surface area contributed by atoms with E-state index < -0.39 is 0 Å². The van der Waals surface area contributed by atoms with Crippen molar-refractivity contribution >= 4 is 55.5 Å². The predicted molar refractivity (Wildman–Crippen MR) is 245 cm³/mol. The molecule has 0 aromatic heterocycles.